The molecule has 112 valence electrons. The largest absolute Gasteiger partial charge is 0.264 e. The second-order valence-electron chi connectivity index (χ2n) is 4.78. The zero-order chi connectivity index (χ0) is 16.1. The molecule has 0 spiro atoms. The molecule has 1 aromatic carbocycles. The number of hydrogen-bond acceptors (Lipinski definition) is 4. The van der Waals surface area contributed by atoms with Crippen LogP contribution in [0.5, 0.6) is 0 Å². The van der Waals surface area contributed by atoms with Crippen molar-refractivity contribution in [2.45, 2.75) is 10.8 Å². The van der Waals surface area contributed by atoms with E-state index < -0.39 is 0 Å². The van der Waals surface area contributed by atoms with Gasteiger partial charge in [-0.15, -0.1) is 11.8 Å². The highest BCUT2D eigenvalue weighted by atomic mass is 32.2. The normalized spacial score (nSPS) is 10.3. The maximum absolute atomic E-state index is 13.7. The van der Waals surface area contributed by atoms with Crippen molar-refractivity contribution < 1.29 is 4.39 Å². The summed E-state index contributed by atoms with van der Waals surface area (Å²) in [6.45, 7) is 0. The van der Waals surface area contributed by atoms with Crippen LogP contribution in [0.15, 0.2) is 66.0 Å². The number of pyridine rings is 2. The van der Waals surface area contributed by atoms with E-state index in [0.29, 0.717) is 21.9 Å². The third kappa shape index (κ3) is 3.55. The molecule has 5 heteroatoms. The molecule has 23 heavy (non-hydrogen) atoms. The van der Waals surface area contributed by atoms with Crippen LogP contribution >= 0.6 is 11.8 Å². The van der Waals surface area contributed by atoms with Gasteiger partial charge in [-0.3, -0.25) is 4.98 Å². The van der Waals surface area contributed by atoms with E-state index in [9.17, 15) is 9.65 Å². The van der Waals surface area contributed by atoms with Gasteiger partial charge in [0, 0.05) is 23.7 Å². The van der Waals surface area contributed by atoms with Crippen LogP contribution in [0.2, 0.25) is 0 Å². The summed E-state index contributed by atoms with van der Waals surface area (Å²) in [5.74, 6) is 0.173. The lowest BCUT2D eigenvalue weighted by Gasteiger charge is -2.07. The predicted molar refractivity (Wildman–Crippen MR) is 88.1 cm³/mol. The Bertz CT molecular complexity index is 860. The van der Waals surface area contributed by atoms with E-state index in [1.807, 2.05) is 12.1 Å². The lowest BCUT2D eigenvalue weighted by atomic mass is 10.2. The summed E-state index contributed by atoms with van der Waals surface area (Å²) in [4.78, 5) is 8.61. The van der Waals surface area contributed by atoms with Crippen molar-refractivity contribution in [3.63, 3.8) is 0 Å². The molecule has 0 bridgehead atoms. The number of aromatic nitrogens is 2. The van der Waals surface area contributed by atoms with Crippen molar-refractivity contribution in [3.8, 4) is 17.3 Å². The summed E-state index contributed by atoms with van der Waals surface area (Å²) in [5.41, 5.74) is 2.70. The van der Waals surface area contributed by atoms with E-state index in [1.54, 1.807) is 42.7 Å². The Morgan fingerprint density at radius 1 is 1.09 bits per heavy atom. The Morgan fingerprint density at radius 2 is 1.96 bits per heavy atom. The smallest absolute Gasteiger partial charge is 0.127 e. The van der Waals surface area contributed by atoms with Gasteiger partial charge >= 0.3 is 0 Å². The minimum atomic E-state index is -0.248. The van der Waals surface area contributed by atoms with Crippen LogP contribution in [0.3, 0.4) is 0 Å². The van der Waals surface area contributed by atoms with Gasteiger partial charge in [0.25, 0.3) is 0 Å². The molecule has 3 rings (SSSR count). The summed E-state index contributed by atoms with van der Waals surface area (Å²) in [5, 5.41) is 9.84. The van der Waals surface area contributed by atoms with E-state index in [4.69, 9.17) is 0 Å². The Morgan fingerprint density at radius 3 is 2.70 bits per heavy atom. The minimum absolute atomic E-state index is 0.248. The maximum Gasteiger partial charge on any atom is 0.127 e. The van der Waals surface area contributed by atoms with Gasteiger partial charge in [-0.25, -0.2) is 9.37 Å². The summed E-state index contributed by atoms with van der Waals surface area (Å²) in [6, 6.07) is 16.0. The van der Waals surface area contributed by atoms with Gasteiger partial charge in [-0.2, -0.15) is 5.26 Å². The summed E-state index contributed by atoms with van der Waals surface area (Å²) >= 11 is 1.35. The number of nitriles is 1. The predicted octanol–water partition coefficient (Wildman–Crippen LogP) is 4.45. The van der Waals surface area contributed by atoms with Gasteiger partial charge in [-0.1, -0.05) is 18.2 Å². The number of rotatable bonds is 4. The third-order valence-corrected chi connectivity index (χ3v) is 4.30. The molecule has 0 aliphatic rings. The van der Waals surface area contributed by atoms with Gasteiger partial charge < -0.3 is 0 Å². The molecule has 0 saturated carbocycles. The zero-order valence-corrected chi connectivity index (χ0v) is 12.9. The van der Waals surface area contributed by atoms with Crippen LogP contribution in [0.4, 0.5) is 4.39 Å². The number of halogens is 1. The summed E-state index contributed by atoms with van der Waals surface area (Å²) in [7, 11) is 0. The molecule has 0 aliphatic heterocycles. The number of thioether (sulfide) groups is 1. The summed E-state index contributed by atoms with van der Waals surface area (Å²) in [6.07, 6.45) is 3.42. The van der Waals surface area contributed by atoms with Gasteiger partial charge in [0.15, 0.2) is 0 Å². The molecule has 0 saturated heterocycles. The molecule has 0 fully saturated rings. The molecule has 2 heterocycles. The first-order valence-electron chi connectivity index (χ1n) is 6.95. The van der Waals surface area contributed by atoms with Crippen molar-refractivity contribution in [1.29, 1.82) is 5.26 Å². The average Bonchev–Trinajstić information content (AvgIpc) is 2.61. The van der Waals surface area contributed by atoms with Crippen molar-refractivity contribution in [2.75, 3.05) is 0 Å². The molecule has 0 N–H and O–H groups in total. The summed E-state index contributed by atoms with van der Waals surface area (Å²) < 4.78 is 13.7. The van der Waals surface area contributed by atoms with Gasteiger partial charge in [0.2, 0.25) is 0 Å². The first-order valence-corrected chi connectivity index (χ1v) is 7.94. The topological polar surface area (TPSA) is 49.6 Å². The zero-order valence-electron chi connectivity index (χ0n) is 12.1. The second-order valence-corrected chi connectivity index (χ2v) is 5.75. The number of nitrogens with zero attached hydrogens (tertiary/aromatic N) is 3. The lowest BCUT2D eigenvalue weighted by Crippen LogP contribution is -1.93. The Hall–Kier alpha value is -2.71. The molecule has 0 aliphatic carbocycles. The quantitative estimate of drug-likeness (QED) is 0.666. The highest BCUT2D eigenvalue weighted by Crippen LogP contribution is 2.28. The van der Waals surface area contributed by atoms with Crippen molar-refractivity contribution in [3.05, 3.63) is 77.9 Å². The van der Waals surface area contributed by atoms with Crippen LogP contribution in [0.1, 0.15) is 11.1 Å². The third-order valence-electron chi connectivity index (χ3n) is 3.26. The van der Waals surface area contributed by atoms with Crippen LogP contribution in [0.25, 0.3) is 11.3 Å². The van der Waals surface area contributed by atoms with E-state index in [1.165, 1.54) is 17.8 Å². The van der Waals surface area contributed by atoms with E-state index in [0.717, 1.165) is 11.3 Å². The number of hydrogen-bond donors (Lipinski definition) is 0. The first-order chi connectivity index (χ1) is 11.3. The van der Waals surface area contributed by atoms with Crippen LogP contribution in [-0.2, 0) is 5.75 Å². The number of benzene rings is 1. The fraction of sp³-hybridized carbons (Fsp3) is 0.0556. The highest BCUT2D eigenvalue weighted by Gasteiger charge is 2.10. The van der Waals surface area contributed by atoms with Gasteiger partial charge in [-0.05, 0) is 35.9 Å². The van der Waals surface area contributed by atoms with Crippen molar-refractivity contribution >= 4 is 11.8 Å². The van der Waals surface area contributed by atoms with Crippen LogP contribution in [0, 0.1) is 17.1 Å². The van der Waals surface area contributed by atoms with E-state index in [-0.39, 0.29) is 5.82 Å². The highest BCUT2D eigenvalue weighted by molar-refractivity contribution is 7.98. The molecule has 0 unspecified atom stereocenters. The Balaban J connectivity index is 1.89. The fourth-order valence-electron chi connectivity index (χ4n) is 2.07. The SMILES string of the molecule is N#Cc1ccc(-c2cccnc2)nc1SCc1ccccc1F. The Kier molecular flexibility index (Phi) is 4.65. The molecule has 3 aromatic rings. The lowest BCUT2D eigenvalue weighted by molar-refractivity contribution is 0.617. The molecular formula is C18H12FN3S. The Labute approximate surface area is 137 Å². The molecule has 2 aromatic heterocycles. The van der Waals surface area contributed by atoms with E-state index >= 15 is 0 Å². The average molecular weight is 321 g/mol. The monoisotopic (exact) mass is 321 g/mol. The standard InChI is InChI=1S/C18H12FN3S/c19-16-6-2-1-4-15(16)12-23-18-13(10-20)7-8-17(22-18)14-5-3-9-21-11-14/h1-9,11H,12H2. The van der Waals surface area contributed by atoms with Crippen molar-refractivity contribution in [2.24, 2.45) is 0 Å². The molecule has 3 nitrogen and oxygen atoms in total. The molecule has 0 amide bonds. The fourth-order valence-corrected chi connectivity index (χ4v) is 3.03. The van der Waals surface area contributed by atoms with E-state index in [2.05, 4.69) is 16.0 Å². The van der Waals surface area contributed by atoms with Crippen molar-refractivity contribution in [1.82, 2.24) is 9.97 Å². The van der Waals surface area contributed by atoms with Gasteiger partial charge in [0.1, 0.15) is 16.9 Å². The van der Waals surface area contributed by atoms with Crippen LogP contribution < -0.4 is 0 Å². The molecule has 0 radical (unpaired) electrons. The molecule has 0 atom stereocenters. The van der Waals surface area contributed by atoms with Crippen LogP contribution in [-0.4, -0.2) is 9.97 Å². The maximum atomic E-state index is 13.7. The van der Waals surface area contributed by atoms with Gasteiger partial charge in [0.05, 0.1) is 11.3 Å². The minimum Gasteiger partial charge on any atom is -0.264 e. The first kappa shape index (κ1) is 15.2. The molecular weight excluding hydrogens is 309 g/mol. The second kappa shape index (κ2) is 7.03.